The number of fused-ring (bicyclic) bond motifs is 1. The van der Waals surface area contributed by atoms with Gasteiger partial charge in [0.05, 0.1) is 11.6 Å². The summed E-state index contributed by atoms with van der Waals surface area (Å²) >= 11 is 0. The molecule has 0 aliphatic carbocycles. The number of methoxy groups -OCH3 is 1. The minimum Gasteiger partial charge on any atom is -0.482 e. The molecule has 0 saturated carbocycles. The van der Waals surface area contributed by atoms with E-state index in [2.05, 4.69) is 41.7 Å². The Hall–Kier alpha value is -3.68. The van der Waals surface area contributed by atoms with E-state index in [-0.39, 0.29) is 30.3 Å². The predicted octanol–water partition coefficient (Wildman–Crippen LogP) is 4.86. The molecule has 2 aliphatic heterocycles. The SMILES string of the molecule is CCN(C(=O)[C@H]1CNCC[C@@H]1c1cccc(-c2ccccc2)c1)c1ccc2c(c1)N(CCCOC)C(=O)CO2. The van der Waals surface area contributed by atoms with Gasteiger partial charge in [-0.3, -0.25) is 9.59 Å². The number of hydrogen-bond donors (Lipinski definition) is 1. The van der Waals surface area contributed by atoms with Crippen LogP contribution in [-0.4, -0.2) is 58.3 Å². The maximum atomic E-state index is 14.2. The fourth-order valence-corrected chi connectivity index (χ4v) is 5.73. The van der Waals surface area contributed by atoms with E-state index in [1.54, 1.807) is 12.0 Å². The molecule has 2 atom stereocenters. The number of nitrogens with one attached hydrogen (secondary N) is 1. The second-order valence-corrected chi connectivity index (χ2v) is 10.1. The van der Waals surface area contributed by atoms with Gasteiger partial charge in [-0.25, -0.2) is 0 Å². The normalized spacial score (nSPS) is 18.8. The van der Waals surface area contributed by atoms with Crippen LogP contribution in [0.15, 0.2) is 72.8 Å². The third kappa shape index (κ3) is 5.84. The Balaban J connectivity index is 1.42. The van der Waals surface area contributed by atoms with Crippen molar-refractivity contribution < 1.29 is 19.1 Å². The van der Waals surface area contributed by atoms with Crippen LogP contribution in [0.2, 0.25) is 0 Å². The summed E-state index contributed by atoms with van der Waals surface area (Å²) in [4.78, 5) is 30.4. The lowest BCUT2D eigenvalue weighted by molar-refractivity contribution is -0.123. The van der Waals surface area contributed by atoms with E-state index in [4.69, 9.17) is 9.47 Å². The summed E-state index contributed by atoms with van der Waals surface area (Å²) in [5, 5.41) is 3.45. The Labute approximate surface area is 230 Å². The zero-order valence-electron chi connectivity index (χ0n) is 22.8. The Morgan fingerprint density at radius 3 is 2.69 bits per heavy atom. The molecule has 0 spiro atoms. The predicted molar refractivity (Wildman–Crippen MR) is 154 cm³/mol. The Morgan fingerprint density at radius 1 is 1.08 bits per heavy atom. The van der Waals surface area contributed by atoms with Gasteiger partial charge >= 0.3 is 0 Å². The molecule has 2 heterocycles. The second kappa shape index (κ2) is 12.5. The number of rotatable bonds is 9. The maximum absolute atomic E-state index is 14.2. The molecule has 0 unspecified atom stereocenters. The van der Waals surface area contributed by atoms with Crippen molar-refractivity contribution in [1.82, 2.24) is 5.32 Å². The van der Waals surface area contributed by atoms with Crippen molar-refractivity contribution in [1.29, 1.82) is 0 Å². The number of anilines is 2. The van der Waals surface area contributed by atoms with Crippen molar-refractivity contribution in [2.75, 3.05) is 56.3 Å². The van der Waals surface area contributed by atoms with Crippen molar-refractivity contribution in [3.05, 3.63) is 78.4 Å². The standard InChI is InChI=1S/C32H37N3O4/c1-3-34(26-13-14-30-29(20-26)35(17-8-18-38-2)31(36)22-39-30)32(37)28-21-33-16-15-27(28)25-12-7-11-24(19-25)23-9-5-4-6-10-23/h4-7,9-14,19-20,27-28,33H,3,8,15-18,21-22H2,1-2H3/t27-,28+/m1/s1. The lowest BCUT2D eigenvalue weighted by Gasteiger charge is -2.36. The Kier molecular flexibility index (Phi) is 8.59. The summed E-state index contributed by atoms with van der Waals surface area (Å²) in [7, 11) is 1.66. The molecular weight excluding hydrogens is 490 g/mol. The Bertz CT molecular complexity index is 1300. The highest BCUT2D eigenvalue weighted by Crippen LogP contribution is 2.38. The monoisotopic (exact) mass is 527 g/mol. The van der Waals surface area contributed by atoms with Crippen LogP contribution in [0.25, 0.3) is 11.1 Å². The molecule has 1 saturated heterocycles. The molecule has 0 bridgehead atoms. The van der Waals surface area contributed by atoms with Gasteiger partial charge in [0.15, 0.2) is 6.61 Å². The summed E-state index contributed by atoms with van der Waals surface area (Å²) in [6, 6.07) is 24.7. The zero-order chi connectivity index (χ0) is 27.2. The fourth-order valence-electron chi connectivity index (χ4n) is 5.73. The van der Waals surface area contributed by atoms with Crippen LogP contribution >= 0.6 is 0 Å². The molecule has 0 aromatic heterocycles. The average molecular weight is 528 g/mol. The molecule has 3 aromatic carbocycles. The van der Waals surface area contributed by atoms with Gasteiger partial charge in [-0.1, -0.05) is 54.6 Å². The molecule has 7 heteroatoms. The van der Waals surface area contributed by atoms with Crippen LogP contribution in [-0.2, 0) is 14.3 Å². The van der Waals surface area contributed by atoms with Crippen molar-refractivity contribution in [3.63, 3.8) is 0 Å². The van der Waals surface area contributed by atoms with Gasteiger partial charge in [-0.15, -0.1) is 0 Å². The summed E-state index contributed by atoms with van der Waals surface area (Å²) in [6.07, 6.45) is 1.62. The van der Waals surface area contributed by atoms with Crippen LogP contribution in [0.1, 0.15) is 31.2 Å². The number of benzene rings is 3. The zero-order valence-corrected chi connectivity index (χ0v) is 22.8. The first-order chi connectivity index (χ1) is 19.1. The van der Waals surface area contributed by atoms with Crippen molar-refractivity contribution >= 4 is 23.2 Å². The number of carbonyl (C=O) groups is 2. The molecule has 1 N–H and O–H groups in total. The third-order valence-corrected chi connectivity index (χ3v) is 7.73. The van der Waals surface area contributed by atoms with Crippen molar-refractivity contribution in [3.8, 4) is 16.9 Å². The van der Waals surface area contributed by atoms with Gasteiger partial charge in [0.2, 0.25) is 5.91 Å². The minimum atomic E-state index is -0.198. The first kappa shape index (κ1) is 26.9. The topological polar surface area (TPSA) is 71.1 Å². The quantitative estimate of drug-likeness (QED) is 0.403. The van der Waals surface area contributed by atoms with E-state index in [1.165, 1.54) is 11.1 Å². The molecule has 39 heavy (non-hydrogen) atoms. The van der Waals surface area contributed by atoms with E-state index in [0.29, 0.717) is 37.7 Å². The third-order valence-electron chi connectivity index (χ3n) is 7.73. The van der Waals surface area contributed by atoms with Crippen molar-refractivity contribution in [2.24, 2.45) is 5.92 Å². The fraction of sp³-hybridized carbons (Fsp3) is 0.375. The Morgan fingerprint density at radius 2 is 1.90 bits per heavy atom. The largest absolute Gasteiger partial charge is 0.482 e. The highest BCUT2D eigenvalue weighted by atomic mass is 16.5. The molecule has 0 radical (unpaired) electrons. The molecule has 204 valence electrons. The number of amides is 2. The molecule has 1 fully saturated rings. The van der Waals surface area contributed by atoms with E-state index in [9.17, 15) is 9.59 Å². The second-order valence-electron chi connectivity index (χ2n) is 10.1. The van der Waals surface area contributed by atoms with E-state index in [0.717, 1.165) is 30.6 Å². The molecular formula is C32H37N3O4. The van der Waals surface area contributed by atoms with Crippen molar-refractivity contribution in [2.45, 2.75) is 25.7 Å². The number of ether oxygens (including phenoxy) is 2. The van der Waals surface area contributed by atoms with Gasteiger partial charge in [-0.05, 0) is 67.1 Å². The summed E-state index contributed by atoms with van der Waals surface area (Å²) in [6.45, 7) is 5.17. The molecule has 2 aliphatic rings. The van der Waals surface area contributed by atoms with Gasteiger partial charge in [0.25, 0.3) is 5.91 Å². The first-order valence-electron chi connectivity index (χ1n) is 13.8. The van der Waals surface area contributed by atoms with E-state index >= 15 is 0 Å². The van der Waals surface area contributed by atoms with Gasteiger partial charge in [0.1, 0.15) is 5.75 Å². The minimum absolute atomic E-state index is 0.0211. The molecule has 3 aromatic rings. The summed E-state index contributed by atoms with van der Waals surface area (Å²) < 4.78 is 10.9. The van der Waals surface area contributed by atoms with Gasteiger partial charge in [0, 0.05) is 39.0 Å². The van der Waals surface area contributed by atoms with E-state index < -0.39 is 0 Å². The molecule has 7 nitrogen and oxygen atoms in total. The van der Waals surface area contributed by atoms with Gasteiger partial charge < -0.3 is 24.6 Å². The lowest BCUT2D eigenvalue weighted by Crippen LogP contribution is -2.46. The number of hydrogen-bond acceptors (Lipinski definition) is 5. The number of carbonyl (C=O) groups excluding carboxylic acids is 2. The first-order valence-corrected chi connectivity index (χ1v) is 13.8. The number of piperidine rings is 1. The summed E-state index contributed by atoms with van der Waals surface area (Å²) in [5.41, 5.74) is 5.02. The number of nitrogens with zero attached hydrogens (tertiary/aromatic N) is 2. The summed E-state index contributed by atoms with van der Waals surface area (Å²) in [5.74, 6) is 0.587. The van der Waals surface area contributed by atoms with Crippen LogP contribution in [0, 0.1) is 5.92 Å². The van der Waals surface area contributed by atoms with Crippen LogP contribution < -0.4 is 19.9 Å². The van der Waals surface area contributed by atoms with Crippen LogP contribution in [0.5, 0.6) is 5.75 Å². The van der Waals surface area contributed by atoms with Gasteiger partial charge in [-0.2, -0.15) is 0 Å². The highest BCUT2D eigenvalue weighted by molar-refractivity contribution is 6.00. The average Bonchev–Trinajstić information content (AvgIpc) is 2.99. The maximum Gasteiger partial charge on any atom is 0.265 e. The smallest absolute Gasteiger partial charge is 0.265 e. The van der Waals surface area contributed by atoms with Crippen LogP contribution in [0.3, 0.4) is 0 Å². The van der Waals surface area contributed by atoms with E-state index in [1.807, 2.05) is 48.2 Å². The van der Waals surface area contributed by atoms with Crippen LogP contribution in [0.4, 0.5) is 11.4 Å². The lowest BCUT2D eigenvalue weighted by atomic mass is 9.79. The molecule has 2 amide bonds. The highest BCUT2D eigenvalue weighted by Gasteiger charge is 2.35. The molecule has 5 rings (SSSR count).